The molecular formula is C11H15BrFN. The summed E-state index contributed by atoms with van der Waals surface area (Å²) in [7, 11) is 1.87. The van der Waals surface area contributed by atoms with Crippen molar-refractivity contribution in [3.8, 4) is 0 Å². The van der Waals surface area contributed by atoms with Gasteiger partial charge in [-0.1, -0.05) is 35.8 Å². The molecule has 1 aromatic carbocycles. The molecule has 78 valence electrons. The Morgan fingerprint density at radius 2 is 2.07 bits per heavy atom. The molecule has 0 aromatic heterocycles. The van der Waals surface area contributed by atoms with E-state index in [-0.39, 0.29) is 11.2 Å². The lowest BCUT2D eigenvalue weighted by atomic mass is 9.84. The summed E-state index contributed by atoms with van der Waals surface area (Å²) < 4.78 is 14.4. The van der Waals surface area contributed by atoms with Gasteiger partial charge in [-0.25, -0.2) is 4.39 Å². The monoisotopic (exact) mass is 259 g/mol. The highest BCUT2D eigenvalue weighted by molar-refractivity contribution is 9.10. The second-order valence-corrected chi connectivity index (χ2v) is 4.95. The van der Waals surface area contributed by atoms with Crippen LogP contribution in [0.2, 0.25) is 0 Å². The van der Waals surface area contributed by atoms with Crippen molar-refractivity contribution in [2.24, 2.45) is 0 Å². The molecule has 1 N–H and O–H groups in total. The van der Waals surface area contributed by atoms with Crippen LogP contribution in [0.3, 0.4) is 0 Å². The Morgan fingerprint density at radius 3 is 2.57 bits per heavy atom. The summed E-state index contributed by atoms with van der Waals surface area (Å²) in [6, 6.07) is 5.21. The average molecular weight is 260 g/mol. The molecule has 1 nitrogen and oxygen atoms in total. The van der Waals surface area contributed by atoms with Crippen molar-refractivity contribution in [1.82, 2.24) is 5.32 Å². The summed E-state index contributed by atoms with van der Waals surface area (Å²) in [6.07, 6.45) is 0. The second-order valence-electron chi connectivity index (χ2n) is 4.04. The van der Waals surface area contributed by atoms with Crippen molar-refractivity contribution in [3.05, 3.63) is 34.1 Å². The van der Waals surface area contributed by atoms with Crippen LogP contribution in [0.1, 0.15) is 19.4 Å². The predicted octanol–water partition coefficient (Wildman–Crippen LogP) is 3.09. The minimum atomic E-state index is -0.181. The van der Waals surface area contributed by atoms with Crippen molar-refractivity contribution >= 4 is 15.9 Å². The van der Waals surface area contributed by atoms with Gasteiger partial charge in [-0.15, -0.1) is 0 Å². The summed E-state index contributed by atoms with van der Waals surface area (Å²) in [5, 5.41) is 3.07. The molecule has 0 bridgehead atoms. The molecule has 0 saturated carbocycles. The van der Waals surface area contributed by atoms with Crippen LogP contribution >= 0.6 is 15.9 Å². The Morgan fingerprint density at radius 1 is 1.43 bits per heavy atom. The number of nitrogens with one attached hydrogen (secondary N) is 1. The zero-order chi connectivity index (χ0) is 10.8. The Balaban J connectivity index is 3.06. The van der Waals surface area contributed by atoms with Crippen molar-refractivity contribution in [3.63, 3.8) is 0 Å². The molecule has 0 radical (unpaired) electrons. The van der Waals surface area contributed by atoms with Crippen LogP contribution in [0.4, 0.5) is 4.39 Å². The van der Waals surface area contributed by atoms with Gasteiger partial charge in [0.1, 0.15) is 5.82 Å². The summed E-state index contributed by atoms with van der Waals surface area (Å²) in [6.45, 7) is 4.80. The largest absolute Gasteiger partial charge is 0.319 e. The minimum Gasteiger partial charge on any atom is -0.319 e. The van der Waals surface area contributed by atoms with Crippen molar-refractivity contribution in [2.75, 3.05) is 13.6 Å². The van der Waals surface area contributed by atoms with Crippen molar-refractivity contribution < 1.29 is 4.39 Å². The molecule has 0 atom stereocenters. The van der Waals surface area contributed by atoms with E-state index in [0.717, 1.165) is 16.6 Å². The number of hydrogen-bond acceptors (Lipinski definition) is 1. The van der Waals surface area contributed by atoms with E-state index < -0.39 is 0 Å². The maximum Gasteiger partial charge on any atom is 0.128 e. The molecule has 0 spiro atoms. The molecule has 0 fully saturated rings. The van der Waals surface area contributed by atoms with Gasteiger partial charge in [0.2, 0.25) is 0 Å². The third kappa shape index (κ3) is 2.55. The Labute approximate surface area is 92.8 Å². The predicted molar refractivity (Wildman–Crippen MR) is 61.1 cm³/mol. The molecule has 0 aliphatic carbocycles. The van der Waals surface area contributed by atoms with Crippen LogP contribution in [-0.4, -0.2) is 13.6 Å². The molecule has 3 heteroatoms. The van der Waals surface area contributed by atoms with Crippen LogP contribution in [0, 0.1) is 5.82 Å². The van der Waals surface area contributed by atoms with Gasteiger partial charge in [0.05, 0.1) is 0 Å². The van der Waals surface area contributed by atoms with Crippen molar-refractivity contribution in [1.29, 1.82) is 0 Å². The lowest BCUT2D eigenvalue weighted by Gasteiger charge is -2.25. The van der Waals surface area contributed by atoms with E-state index in [1.165, 1.54) is 6.07 Å². The fraction of sp³-hybridized carbons (Fsp3) is 0.455. The molecular weight excluding hydrogens is 245 g/mol. The van der Waals surface area contributed by atoms with Crippen LogP contribution < -0.4 is 5.32 Å². The van der Waals surface area contributed by atoms with Gasteiger partial charge >= 0.3 is 0 Å². The lowest BCUT2D eigenvalue weighted by Crippen LogP contribution is -2.31. The second kappa shape index (κ2) is 4.41. The van der Waals surface area contributed by atoms with Gasteiger partial charge in [-0.3, -0.25) is 0 Å². The lowest BCUT2D eigenvalue weighted by molar-refractivity contribution is 0.462. The first-order valence-electron chi connectivity index (χ1n) is 4.57. The molecule has 14 heavy (non-hydrogen) atoms. The Hall–Kier alpha value is -0.410. The van der Waals surface area contributed by atoms with Gasteiger partial charge in [-0.05, 0) is 24.7 Å². The van der Waals surface area contributed by atoms with Gasteiger partial charge < -0.3 is 5.32 Å². The van der Waals surface area contributed by atoms with Gasteiger partial charge in [0.25, 0.3) is 0 Å². The first-order chi connectivity index (χ1) is 6.47. The first-order valence-corrected chi connectivity index (χ1v) is 5.37. The maximum absolute atomic E-state index is 13.6. The smallest absolute Gasteiger partial charge is 0.128 e. The molecule has 0 amide bonds. The maximum atomic E-state index is 13.6. The molecule has 0 saturated heterocycles. The van der Waals surface area contributed by atoms with E-state index in [4.69, 9.17) is 0 Å². The Kier molecular flexibility index (Phi) is 3.67. The Bertz CT molecular complexity index is 323. The number of halogens is 2. The van der Waals surface area contributed by atoms with Crippen LogP contribution in [0.15, 0.2) is 22.7 Å². The number of likely N-dealkylation sites (N-methyl/N-ethyl adjacent to an activating group) is 1. The first kappa shape index (κ1) is 11.7. The minimum absolute atomic E-state index is 0.153. The van der Waals surface area contributed by atoms with E-state index in [1.54, 1.807) is 0 Å². The zero-order valence-electron chi connectivity index (χ0n) is 8.70. The standard InChI is InChI=1S/C11H15BrFN/c1-11(2,7-14-3)9-5-4-8(12)6-10(9)13/h4-6,14H,7H2,1-3H3. The molecule has 0 aliphatic heterocycles. The van der Waals surface area contributed by atoms with E-state index >= 15 is 0 Å². The van der Waals surface area contributed by atoms with Crippen molar-refractivity contribution in [2.45, 2.75) is 19.3 Å². The van der Waals surface area contributed by atoms with E-state index in [2.05, 4.69) is 21.2 Å². The third-order valence-electron chi connectivity index (χ3n) is 2.28. The fourth-order valence-corrected chi connectivity index (χ4v) is 1.91. The van der Waals surface area contributed by atoms with E-state index in [0.29, 0.717) is 0 Å². The van der Waals surface area contributed by atoms with E-state index in [9.17, 15) is 4.39 Å². The fourth-order valence-electron chi connectivity index (χ4n) is 1.58. The zero-order valence-corrected chi connectivity index (χ0v) is 10.3. The molecule has 0 heterocycles. The summed E-state index contributed by atoms with van der Waals surface area (Å²) in [5.41, 5.74) is 0.564. The normalized spacial score (nSPS) is 11.8. The molecule has 1 rings (SSSR count). The quantitative estimate of drug-likeness (QED) is 0.880. The van der Waals surface area contributed by atoms with Gasteiger partial charge in [0.15, 0.2) is 0 Å². The van der Waals surface area contributed by atoms with Crippen LogP contribution in [0.25, 0.3) is 0 Å². The third-order valence-corrected chi connectivity index (χ3v) is 2.77. The number of benzene rings is 1. The average Bonchev–Trinajstić information content (AvgIpc) is 2.02. The van der Waals surface area contributed by atoms with Crippen LogP contribution in [-0.2, 0) is 5.41 Å². The van der Waals surface area contributed by atoms with E-state index in [1.807, 2.05) is 33.0 Å². The molecule has 0 aliphatic rings. The summed E-state index contributed by atoms with van der Waals surface area (Å²) >= 11 is 3.25. The van der Waals surface area contributed by atoms with Gasteiger partial charge in [-0.2, -0.15) is 0 Å². The highest BCUT2D eigenvalue weighted by Crippen LogP contribution is 2.27. The highest BCUT2D eigenvalue weighted by atomic mass is 79.9. The summed E-state index contributed by atoms with van der Waals surface area (Å²) in [5.74, 6) is -0.153. The summed E-state index contributed by atoms with van der Waals surface area (Å²) in [4.78, 5) is 0. The number of hydrogen-bond donors (Lipinski definition) is 1. The number of rotatable bonds is 3. The van der Waals surface area contributed by atoms with Gasteiger partial charge in [0, 0.05) is 16.4 Å². The molecule has 0 unspecified atom stereocenters. The SMILES string of the molecule is CNCC(C)(C)c1ccc(Br)cc1F. The highest BCUT2D eigenvalue weighted by Gasteiger charge is 2.23. The van der Waals surface area contributed by atoms with Crippen LogP contribution in [0.5, 0.6) is 0 Å². The molecule has 1 aromatic rings. The topological polar surface area (TPSA) is 12.0 Å².